The fourth-order valence-electron chi connectivity index (χ4n) is 2.51. The van der Waals surface area contributed by atoms with Gasteiger partial charge in [-0.25, -0.2) is 0 Å². The lowest BCUT2D eigenvalue weighted by atomic mass is 9.98. The molecule has 3 rings (SSSR count). The van der Waals surface area contributed by atoms with Crippen molar-refractivity contribution in [3.8, 4) is 16.6 Å². The number of nitrogens with zero attached hydrogens (tertiary/aromatic N) is 2. The van der Waals surface area contributed by atoms with Crippen molar-refractivity contribution >= 4 is 17.0 Å². The minimum absolute atomic E-state index is 0.719. The van der Waals surface area contributed by atoms with E-state index >= 15 is 0 Å². The van der Waals surface area contributed by atoms with Crippen LogP contribution < -0.4 is 5.32 Å². The molecule has 2 aromatic heterocycles. The van der Waals surface area contributed by atoms with E-state index in [-0.39, 0.29) is 0 Å². The van der Waals surface area contributed by atoms with Crippen LogP contribution in [0.1, 0.15) is 56.0 Å². The monoisotopic (exact) mass is 344 g/mol. The quantitative estimate of drug-likeness (QED) is 0.744. The number of H-pyrrole nitrogens is 1. The number of nitrogens with one attached hydrogen (secondary N) is 2. The molecule has 0 atom stereocenters. The molecule has 0 aliphatic carbocycles. The van der Waals surface area contributed by atoms with Crippen LogP contribution >= 0.6 is 11.3 Å². The zero-order valence-corrected chi connectivity index (χ0v) is 16.0. The Morgan fingerprint density at radius 1 is 1.42 bits per heavy atom. The van der Waals surface area contributed by atoms with Crippen LogP contribution in [-0.2, 0) is 6.42 Å². The van der Waals surface area contributed by atoms with Gasteiger partial charge in [0.25, 0.3) is 0 Å². The summed E-state index contributed by atoms with van der Waals surface area (Å²) in [6.07, 6.45) is 5.76. The highest BCUT2D eigenvalue weighted by Gasteiger charge is 2.22. The molecule has 24 heavy (non-hydrogen) atoms. The third-order valence-electron chi connectivity index (χ3n) is 3.59. The standard InChI is InChI=1S/C12H13N3S.C5H9N.C2H6/c1-7-11-8(2)16-12(9(11)3-5-13-7)10-4-6-14-15-10;1-2-3-4-5-6;1-2/h4,6,13H,1,3,5H2,2H3,(H,14,15);2-4H2,1H3;1-2H3. The molecule has 0 unspecified atom stereocenters. The van der Waals surface area contributed by atoms with Gasteiger partial charge in [0.1, 0.15) is 0 Å². The summed E-state index contributed by atoms with van der Waals surface area (Å²) in [5, 5.41) is 18.3. The highest BCUT2D eigenvalue weighted by atomic mass is 32.1. The molecule has 3 heterocycles. The Morgan fingerprint density at radius 3 is 2.71 bits per heavy atom. The van der Waals surface area contributed by atoms with E-state index in [9.17, 15) is 0 Å². The molecular formula is C19H28N4S. The van der Waals surface area contributed by atoms with Crippen LogP contribution in [0.5, 0.6) is 0 Å². The van der Waals surface area contributed by atoms with E-state index in [1.54, 1.807) is 6.20 Å². The fraction of sp³-hybridized carbons (Fsp3) is 0.474. The molecule has 0 saturated heterocycles. The second-order valence-electron chi connectivity index (χ2n) is 5.23. The van der Waals surface area contributed by atoms with E-state index in [1.165, 1.54) is 20.9 Å². The summed E-state index contributed by atoms with van der Waals surface area (Å²) in [7, 11) is 0. The number of unbranched alkanes of at least 4 members (excludes halogenated alkanes) is 2. The van der Waals surface area contributed by atoms with Crippen LogP contribution in [0.4, 0.5) is 0 Å². The molecule has 0 aromatic carbocycles. The van der Waals surface area contributed by atoms with Crippen molar-refractivity contribution in [2.75, 3.05) is 6.54 Å². The first-order chi connectivity index (χ1) is 11.7. The average Bonchev–Trinajstić information content (AvgIpc) is 3.24. The maximum absolute atomic E-state index is 7.95. The van der Waals surface area contributed by atoms with E-state index in [0.29, 0.717) is 0 Å². The molecule has 5 heteroatoms. The van der Waals surface area contributed by atoms with Gasteiger partial charge in [-0.05, 0) is 31.4 Å². The van der Waals surface area contributed by atoms with E-state index in [0.717, 1.165) is 43.6 Å². The summed E-state index contributed by atoms with van der Waals surface area (Å²) >= 11 is 1.82. The molecule has 1 aliphatic rings. The molecule has 0 amide bonds. The van der Waals surface area contributed by atoms with Gasteiger partial charge >= 0.3 is 0 Å². The number of nitriles is 1. The maximum Gasteiger partial charge on any atom is 0.0753 e. The SMILES string of the molecule is C=C1NCCc2c(-c3ccn[nH]3)sc(C)c21.CC.CCCCC#N. The van der Waals surface area contributed by atoms with Crippen LogP contribution in [0.2, 0.25) is 0 Å². The lowest BCUT2D eigenvalue weighted by Gasteiger charge is -2.18. The van der Waals surface area contributed by atoms with Crippen molar-refractivity contribution in [2.24, 2.45) is 0 Å². The number of hydrogen-bond donors (Lipinski definition) is 2. The Morgan fingerprint density at radius 2 is 2.17 bits per heavy atom. The average molecular weight is 345 g/mol. The number of aromatic amines is 1. The zero-order valence-electron chi connectivity index (χ0n) is 15.2. The van der Waals surface area contributed by atoms with Crippen LogP contribution in [0, 0.1) is 18.3 Å². The molecular weight excluding hydrogens is 316 g/mol. The van der Waals surface area contributed by atoms with Gasteiger partial charge in [0.05, 0.1) is 16.6 Å². The Bertz CT molecular complexity index is 662. The van der Waals surface area contributed by atoms with Crippen LogP contribution in [0.15, 0.2) is 18.8 Å². The van der Waals surface area contributed by atoms with Gasteiger partial charge in [-0.3, -0.25) is 5.10 Å². The van der Waals surface area contributed by atoms with E-state index in [1.807, 2.05) is 31.3 Å². The maximum atomic E-state index is 7.95. The van der Waals surface area contributed by atoms with Gasteiger partial charge in [0.2, 0.25) is 0 Å². The second-order valence-corrected chi connectivity index (χ2v) is 6.45. The summed E-state index contributed by atoms with van der Waals surface area (Å²) in [4.78, 5) is 2.64. The fourth-order valence-corrected chi connectivity index (χ4v) is 3.71. The largest absolute Gasteiger partial charge is 0.385 e. The van der Waals surface area contributed by atoms with E-state index < -0.39 is 0 Å². The number of aromatic nitrogens is 2. The van der Waals surface area contributed by atoms with Crippen molar-refractivity contribution in [3.05, 3.63) is 34.8 Å². The van der Waals surface area contributed by atoms with Crippen molar-refractivity contribution in [1.82, 2.24) is 15.5 Å². The topological polar surface area (TPSA) is 64.5 Å². The van der Waals surface area contributed by atoms with Crippen LogP contribution in [0.3, 0.4) is 0 Å². The molecule has 1 aliphatic heterocycles. The first-order valence-electron chi connectivity index (χ1n) is 8.61. The minimum atomic E-state index is 0.719. The lowest BCUT2D eigenvalue weighted by molar-refractivity contribution is 0.819. The first-order valence-corrected chi connectivity index (χ1v) is 9.42. The molecule has 0 saturated carbocycles. The summed E-state index contributed by atoms with van der Waals surface area (Å²) in [6, 6.07) is 4.09. The summed E-state index contributed by atoms with van der Waals surface area (Å²) in [5.41, 5.74) is 4.89. The number of hydrogen-bond acceptors (Lipinski definition) is 4. The predicted molar refractivity (Wildman–Crippen MR) is 104 cm³/mol. The van der Waals surface area contributed by atoms with Gasteiger partial charge in [-0.1, -0.05) is 33.8 Å². The van der Waals surface area contributed by atoms with Gasteiger partial charge in [-0.15, -0.1) is 11.3 Å². The highest BCUT2D eigenvalue weighted by molar-refractivity contribution is 7.16. The Hall–Kier alpha value is -2.06. The summed E-state index contributed by atoms with van der Waals surface area (Å²) in [6.45, 7) is 13.3. The molecule has 0 fully saturated rings. The number of aryl methyl sites for hydroxylation is 1. The Kier molecular flexibility index (Phi) is 8.88. The molecule has 0 bridgehead atoms. The molecule has 2 N–H and O–H groups in total. The number of thiophene rings is 1. The molecule has 130 valence electrons. The highest BCUT2D eigenvalue weighted by Crippen LogP contribution is 2.39. The van der Waals surface area contributed by atoms with Gasteiger partial charge in [0.15, 0.2) is 0 Å². The predicted octanol–water partition coefficient (Wildman–Crippen LogP) is 5.29. The third kappa shape index (κ3) is 4.97. The normalized spacial score (nSPS) is 11.9. The van der Waals surface area contributed by atoms with E-state index in [4.69, 9.17) is 5.26 Å². The molecule has 0 spiro atoms. The van der Waals surface area contributed by atoms with Crippen LogP contribution in [-0.4, -0.2) is 16.7 Å². The van der Waals surface area contributed by atoms with Gasteiger partial charge < -0.3 is 5.32 Å². The zero-order chi connectivity index (χ0) is 17.9. The molecule has 4 nitrogen and oxygen atoms in total. The van der Waals surface area contributed by atoms with Gasteiger partial charge in [0, 0.05) is 35.3 Å². The Labute approximate surface area is 149 Å². The molecule has 0 radical (unpaired) electrons. The van der Waals surface area contributed by atoms with Crippen molar-refractivity contribution in [1.29, 1.82) is 5.26 Å². The first kappa shape index (κ1) is 20.0. The minimum Gasteiger partial charge on any atom is -0.385 e. The lowest BCUT2D eigenvalue weighted by Crippen LogP contribution is -2.21. The summed E-state index contributed by atoms with van der Waals surface area (Å²) < 4.78 is 0. The molecule has 2 aromatic rings. The van der Waals surface area contributed by atoms with E-state index in [2.05, 4.69) is 42.0 Å². The van der Waals surface area contributed by atoms with Crippen molar-refractivity contribution in [3.63, 3.8) is 0 Å². The smallest absolute Gasteiger partial charge is 0.0753 e. The van der Waals surface area contributed by atoms with Crippen LogP contribution in [0.25, 0.3) is 16.3 Å². The van der Waals surface area contributed by atoms with Crippen molar-refractivity contribution < 1.29 is 0 Å². The van der Waals surface area contributed by atoms with Gasteiger partial charge in [-0.2, -0.15) is 10.4 Å². The van der Waals surface area contributed by atoms with Crippen molar-refractivity contribution in [2.45, 2.75) is 53.4 Å². The summed E-state index contributed by atoms with van der Waals surface area (Å²) in [5.74, 6) is 0. The third-order valence-corrected chi connectivity index (χ3v) is 4.77. The number of rotatable bonds is 3. The number of fused-ring (bicyclic) bond motifs is 1. The second kappa shape index (κ2) is 10.7. The Balaban J connectivity index is 0.000000309.